The van der Waals surface area contributed by atoms with Gasteiger partial charge in [-0.1, -0.05) is 0 Å². The van der Waals surface area contributed by atoms with Crippen molar-refractivity contribution in [2.45, 2.75) is 0 Å². The Bertz CT molecular complexity index is 117. The number of hydrogen-bond donors (Lipinski definition) is 0. The summed E-state index contributed by atoms with van der Waals surface area (Å²) in [5, 5.41) is 3.52. The molecule has 0 aromatic rings. The second kappa shape index (κ2) is 1.64. The lowest BCUT2D eigenvalue weighted by molar-refractivity contribution is 0.317. The van der Waals surface area contributed by atoms with Gasteiger partial charge in [-0.05, 0) is 0 Å². The van der Waals surface area contributed by atoms with E-state index < -0.39 is 0 Å². The molecule has 1 heterocycles. The molecule has 37 valence electrons. The number of rotatable bonds is 1. The number of methoxy groups -OCH3 is 1. The molecule has 1 radical (unpaired) electrons. The average Bonchev–Trinajstić information content (AvgIpc) is 2.14. The van der Waals surface area contributed by atoms with E-state index in [2.05, 4.69) is 10.5 Å². The van der Waals surface area contributed by atoms with Crippen LogP contribution in [0.25, 0.3) is 0 Å². The van der Waals surface area contributed by atoms with Crippen molar-refractivity contribution in [3.8, 4) is 0 Å². The molecule has 0 N–H and O–H groups in total. The Morgan fingerprint density at radius 3 is 2.86 bits per heavy atom. The van der Waals surface area contributed by atoms with Crippen molar-refractivity contribution < 1.29 is 4.74 Å². The standard InChI is InChI=1S/C4H5N2O/c1-7-4-2-5-6-3-4/h2-3H,1H3. The first-order chi connectivity index (χ1) is 3.43. The van der Waals surface area contributed by atoms with Gasteiger partial charge in [0.25, 0.3) is 0 Å². The Hall–Kier alpha value is -0.990. The van der Waals surface area contributed by atoms with Crippen LogP contribution in [0.3, 0.4) is 0 Å². The van der Waals surface area contributed by atoms with Gasteiger partial charge in [0.2, 0.25) is 0 Å². The summed E-state index contributed by atoms with van der Waals surface area (Å²) < 4.78 is 4.73. The molecule has 0 aromatic heterocycles. The van der Waals surface area contributed by atoms with Gasteiger partial charge in [-0.25, -0.2) is 0 Å². The van der Waals surface area contributed by atoms with E-state index in [1.165, 1.54) is 0 Å². The summed E-state index contributed by atoms with van der Waals surface area (Å²) in [7, 11) is 1.58. The van der Waals surface area contributed by atoms with E-state index in [4.69, 9.17) is 4.74 Å². The SMILES string of the molecule is COC1=C[N]N=C1. The van der Waals surface area contributed by atoms with Crippen molar-refractivity contribution in [2.75, 3.05) is 7.11 Å². The van der Waals surface area contributed by atoms with E-state index in [0.29, 0.717) is 5.76 Å². The van der Waals surface area contributed by atoms with Crippen LogP contribution in [0.15, 0.2) is 17.1 Å². The van der Waals surface area contributed by atoms with Gasteiger partial charge in [-0.15, -0.1) is 0 Å². The topological polar surface area (TPSA) is 35.7 Å². The van der Waals surface area contributed by atoms with Gasteiger partial charge in [0.05, 0.1) is 19.5 Å². The van der Waals surface area contributed by atoms with Crippen LogP contribution in [0.5, 0.6) is 0 Å². The van der Waals surface area contributed by atoms with Crippen molar-refractivity contribution in [1.29, 1.82) is 0 Å². The van der Waals surface area contributed by atoms with E-state index in [1.807, 2.05) is 0 Å². The third-order valence-corrected chi connectivity index (χ3v) is 0.672. The van der Waals surface area contributed by atoms with Gasteiger partial charge >= 0.3 is 0 Å². The summed E-state index contributed by atoms with van der Waals surface area (Å²) >= 11 is 0. The van der Waals surface area contributed by atoms with E-state index >= 15 is 0 Å². The summed E-state index contributed by atoms with van der Waals surface area (Å²) in [5.74, 6) is 0.708. The largest absolute Gasteiger partial charge is 0.493 e. The van der Waals surface area contributed by atoms with Crippen molar-refractivity contribution >= 4 is 6.21 Å². The second-order valence-electron chi connectivity index (χ2n) is 1.10. The van der Waals surface area contributed by atoms with Gasteiger partial charge in [-0.3, -0.25) is 0 Å². The molecule has 1 aliphatic rings. The Morgan fingerprint density at radius 2 is 2.57 bits per heavy atom. The minimum atomic E-state index is 0.708. The fourth-order valence-electron chi connectivity index (χ4n) is 0.319. The molecule has 1 rings (SSSR count). The lowest BCUT2D eigenvalue weighted by atomic mass is 10.6. The maximum atomic E-state index is 4.73. The van der Waals surface area contributed by atoms with Crippen LogP contribution in [-0.4, -0.2) is 13.3 Å². The summed E-state index contributed by atoms with van der Waals surface area (Å²) in [6, 6.07) is 0. The van der Waals surface area contributed by atoms with Gasteiger partial charge in [0.1, 0.15) is 0 Å². The highest BCUT2D eigenvalue weighted by Crippen LogP contribution is 1.93. The Morgan fingerprint density at radius 1 is 1.71 bits per heavy atom. The fourth-order valence-corrected chi connectivity index (χ4v) is 0.319. The van der Waals surface area contributed by atoms with Crippen LogP contribution in [0, 0.1) is 0 Å². The van der Waals surface area contributed by atoms with Gasteiger partial charge in [0, 0.05) is 0 Å². The van der Waals surface area contributed by atoms with Crippen molar-refractivity contribution in [1.82, 2.24) is 5.43 Å². The van der Waals surface area contributed by atoms with Crippen LogP contribution in [0.1, 0.15) is 0 Å². The highest BCUT2D eigenvalue weighted by Gasteiger charge is 1.94. The Kier molecular flexibility index (Phi) is 0.978. The molecular formula is C4H5N2O. The summed E-state index contributed by atoms with van der Waals surface area (Å²) in [4.78, 5) is 0. The molecule has 1 aliphatic heterocycles. The number of ether oxygens (including phenoxy) is 1. The molecular weight excluding hydrogens is 92.1 g/mol. The predicted octanol–water partition coefficient (Wildman–Crippen LogP) is 0.0780. The van der Waals surface area contributed by atoms with Gasteiger partial charge in [0.15, 0.2) is 5.76 Å². The molecule has 0 saturated heterocycles. The third-order valence-electron chi connectivity index (χ3n) is 0.672. The second-order valence-corrected chi connectivity index (χ2v) is 1.10. The lowest BCUT2D eigenvalue weighted by Gasteiger charge is -1.87. The zero-order chi connectivity index (χ0) is 5.11. The monoisotopic (exact) mass is 97.0 g/mol. The molecule has 3 nitrogen and oxygen atoms in total. The zero-order valence-electron chi connectivity index (χ0n) is 3.96. The van der Waals surface area contributed by atoms with E-state index in [-0.39, 0.29) is 0 Å². The molecule has 0 atom stereocenters. The highest BCUT2D eigenvalue weighted by molar-refractivity contribution is 5.77. The summed E-state index contributed by atoms with van der Waals surface area (Å²) in [5.41, 5.74) is 3.52. The van der Waals surface area contributed by atoms with E-state index in [9.17, 15) is 0 Å². The first-order valence-electron chi connectivity index (χ1n) is 1.91. The molecule has 0 bridgehead atoms. The molecule has 7 heavy (non-hydrogen) atoms. The van der Waals surface area contributed by atoms with Crippen LogP contribution < -0.4 is 5.43 Å². The summed E-state index contributed by atoms with van der Waals surface area (Å²) in [6.07, 6.45) is 3.11. The molecule has 0 saturated carbocycles. The molecule has 3 heteroatoms. The fraction of sp³-hybridized carbons (Fsp3) is 0.250. The molecule has 0 aliphatic carbocycles. The minimum absolute atomic E-state index is 0.708. The molecule has 0 fully saturated rings. The van der Waals surface area contributed by atoms with Crippen LogP contribution >= 0.6 is 0 Å². The number of hydrogen-bond acceptors (Lipinski definition) is 2. The molecule has 0 amide bonds. The van der Waals surface area contributed by atoms with Crippen LogP contribution in [0.2, 0.25) is 0 Å². The Balaban J connectivity index is 2.52. The van der Waals surface area contributed by atoms with E-state index in [1.54, 1.807) is 19.5 Å². The maximum absolute atomic E-state index is 4.73. The zero-order valence-corrected chi connectivity index (χ0v) is 3.96. The summed E-state index contributed by atoms with van der Waals surface area (Å²) in [6.45, 7) is 0. The van der Waals surface area contributed by atoms with Crippen molar-refractivity contribution in [2.24, 2.45) is 5.10 Å². The third kappa shape index (κ3) is 0.707. The minimum Gasteiger partial charge on any atom is -0.493 e. The molecule has 0 spiro atoms. The first-order valence-corrected chi connectivity index (χ1v) is 1.91. The number of nitrogens with zero attached hydrogens (tertiary/aromatic N) is 2. The average molecular weight is 97.1 g/mol. The predicted molar refractivity (Wildman–Crippen MR) is 25.7 cm³/mol. The lowest BCUT2D eigenvalue weighted by Crippen LogP contribution is -1.81. The molecule has 0 aromatic carbocycles. The smallest absolute Gasteiger partial charge is 0.159 e. The van der Waals surface area contributed by atoms with Crippen molar-refractivity contribution in [3.05, 3.63) is 12.0 Å². The van der Waals surface area contributed by atoms with Crippen LogP contribution in [-0.2, 0) is 4.74 Å². The Labute approximate surface area is 41.7 Å². The quantitative estimate of drug-likeness (QED) is 0.456. The van der Waals surface area contributed by atoms with Gasteiger partial charge in [-0.2, -0.15) is 10.5 Å². The highest BCUT2D eigenvalue weighted by atomic mass is 16.5. The normalized spacial score (nSPS) is 15.9. The number of allylic oxidation sites excluding steroid dienone is 1. The van der Waals surface area contributed by atoms with Crippen LogP contribution in [0.4, 0.5) is 0 Å². The van der Waals surface area contributed by atoms with Crippen molar-refractivity contribution in [3.63, 3.8) is 0 Å². The maximum Gasteiger partial charge on any atom is 0.159 e. The first kappa shape index (κ1) is 4.18. The van der Waals surface area contributed by atoms with Gasteiger partial charge < -0.3 is 4.74 Å². The molecule has 0 unspecified atom stereocenters. The van der Waals surface area contributed by atoms with E-state index in [0.717, 1.165) is 0 Å².